The van der Waals surface area contributed by atoms with E-state index in [1.54, 1.807) is 4.68 Å². The first-order valence-corrected chi connectivity index (χ1v) is 16.9. The van der Waals surface area contributed by atoms with Gasteiger partial charge in [-0.25, -0.2) is 4.68 Å². The SMILES string of the molecule is CSC1=CN(c2ccn(COCC[Si](C)(C)C)n2)C2CSC(C(=O)OC(C)(C)C)C2C1=O. The van der Waals surface area contributed by atoms with Crippen LogP contribution in [0.5, 0.6) is 0 Å². The van der Waals surface area contributed by atoms with E-state index in [1.807, 2.05) is 50.4 Å². The molecule has 0 bridgehead atoms. The van der Waals surface area contributed by atoms with Crippen molar-refractivity contribution in [2.75, 3.05) is 23.5 Å². The fourth-order valence-corrected chi connectivity index (χ4v) is 6.47. The molecule has 1 fully saturated rings. The molecule has 0 N–H and O–H groups in total. The van der Waals surface area contributed by atoms with Gasteiger partial charge in [0.2, 0.25) is 0 Å². The smallest absolute Gasteiger partial charge is 0.320 e. The van der Waals surface area contributed by atoms with Gasteiger partial charge in [-0.05, 0) is 33.1 Å². The third-order valence-corrected chi connectivity index (χ3v) is 9.15. The zero-order chi connectivity index (χ0) is 23.7. The van der Waals surface area contributed by atoms with Crippen molar-refractivity contribution in [1.82, 2.24) is 9.78 Å². The molecule has 2 aliphatic rings. The van der Waals surface area contributed by atoms with Gasteiger partial charge in [-0.1, -0.05) is 19.6 Å². The van der Waals surface area contributed by atoms with Crippen LogP contribution in [-0.4, -0.2) is 65.1 Å². The molecule has 0 aliphatic carbocycles. The number of Topliss-reactive ketones (excluding diaryl/α,β-unsaturated/α-hetero) is 1. The number of nitrogens with zero attached hydrogens (tertiary/aromatic N) is 3. The Labute approximate surface area is 200 Å². The first-order valence-electron chi connectivity index (χ1n) is 10.9. The summed E-state index contributed by atoms with van der Waals surface area (Å²) >= 11 is 2.91. The number of hydrogen-bond donors (Lipinski definition) is 0. The highest BCUT2D eigenvalue weighted by atomic mass is 32.2. The lowest BCUT2D eigenvalue weighted by molar-refractivity contribution is -0.156. The molecule has 0 aromatic carbocycles. The van der Waals surface area contributed by atoms with Gasteiger partial charge in [-0.2, -0.15) is 5.10 Å². The van der Waals surface area contributed by atoms with Gasteiger partial charge in [0.25, 0.3) is 0 Å². The van der Waals surface area contributed by atoms with Crippen LogP contribution in [0.4, 0.5) is 5.82 Å². The fraction of sp³-hybridized carbons (Fsp3) is 0.682. The van der Waals surface area contributed by atoms with Gasteiger partial charge in [0.1, 0.15) is 17.6 Å². The topological polar surface area (TPSA) is 73.7 Å². The van der Waals surface area contributed by atoms with Crippen LogP contribution >= 0.6 is 23.5 Å². The van der Waals surface area contributed by atoms with Gasteiger partial charge in [0.15, 0.2) is 11.6 Å². The maximum Gasteiger partial charge on any atom is 0.320 e. The number of rotatable bonds is 8. The maximum atomic E-state index is 13.2. The summed E-state index contributed by atoms with van der Waals surface area (Å²) in [6.07, 6.45) is 5.66. The molecule has 0 saturated carbocycles. The number of ketones is 1. The minimum absolute atomic E-state index is 0.0220. The lowest BCUT2D eigenvalue weighted by atomic mass is 9.89. The Morgan fingerprint density at radius 3 is 2.69 bits per heavy atom. The maximum absolute atomic E-state index is 13.2. The van der Waals surface area contributed by atoms with Crippen LogP contribution in [0.25, 0.3) is 0 Å². The molecule has 0 radical (unpaired) electrons. The number of fused-ring (bicyclic) bond motifs is 1. The number of carbonyl (C=O) groups is 2. The van der Waals surface area contributed by atoms with Gasteiger partial charge < -0.3 is 14.4 Å². The van der Waals surface area contributed by atoms with E-state index in [1.165, 1.54) is 23.5 Å². The van der Waals surface area contributed by atoms with Gasteiger partial charge in [0.05, 0.1) is 16.9 Å². The van der Waals surface area contributed by atoms with Crippen molar-refractivity contribution in [1.29, 1.82) is 0 Å². The van der Waals surface area contributed by atoms with E-state index in [-0.39, 0.29) is 17.8 Å². The van der Waals surface area contributed by atoms with Gasteiger partial charge in [0, 0.05) is 38.9 Å². The largest absolute Gasteiger partial charge is 0.459 e. The Morgan fingerprint density at radius 1 is 1.34 bits per heavy atom. The Morgan fingerprint density at radius 2 is 2.06 bits per heavy atom. The number of ether oxygens (including phenoxy) is 2. The van der Waals surface area contributed by atoms with Gasteiger partial charge in [-0.3, -0.25) is 9.59 Å². The molecule has 1 aromatic heterocycles. The van der Waals surface area contributed by atoms with Gasteiger partial charge >= 0.3 is 5.97 Å². The van der Waals surface area contributed by atoms with Crippen LogP contribution in [-0.2, 0) is 25.8 Å². The summed E-state index contributed by atoms with van der Waals surface area (Å²) in [5, 5.41) is 4.19. The average Bonchev–Trinajstić information content (AvgIpc) is 3.31. The first kappa shape index (κ1) is 25.4. The van der Waals surface area contributed by atoms with Crippen molar-refractivity contribution in [3.63, 3.8) is 0 Å². The second-order valence-corrected chi connectivity index (χ2v) is 18.1. The molecular weight excluding hydrogens is 462 g/mol. The Hall–Kier alpha value is -1.23. The number of hydrogen-bond acceptors (Lipinski definition) is 8. The van der Waals surface area contributed by atoms with E-state index in [0.29, 0.717) is 17.4 Å². The monoisotopic (exact) mass is 497 g/mol. The van der Waals surface area contributed by atoms with Crippen LogP contribution in [0.2, 0.25) is 25.7 Å². The Bertz CT molecular complexity index is 875. The summed E-state index contributed by atoms with van der Waals surface area (Å²) in [5.74, 6) is 0.692. The molecule has 3 heterocycles. The summed E-state index contributed by atoms with van der Waals surface area (Å²) in [6, 6.07) is 2.92. The summed E-state index contributed by atoms with van der Waals surface area (Å²) in [4.78, 5) is 28.7. The molecule has 3 unspecified atom stereocenters. The quantitative estimate of drug-likeness (QED) is 0.300. The highest BCUT2D eigenvalue weighted by Crippen LogP contribution is 2.44. The van der Waals surface area contributed by atoms with Crippen LogP contribution < -0.4 is 4.90 Å². The van der Waals surface area contributed by atoms with Crippen molar-refractivity contribution >= 4 is 49.2 Å². The lowest BCUT2D eigenvalue weighted by Gasteiger charge is -2.35. The molecule has 0 spiro atoms. The van der Waals surface area contributed by atoms with Crippen molar-refractivity contribution in [3.05, 3.63) is 23.4 Å². The van der Waals surface area contributed by atoms with E-state index >= 15 is 0 Å². The predicted octanol–water partition coefficient (Wildman–Crippen LogP) is 4.23. The molecule has 0 amide bonds. The average molecular weight is 498 g/mol. The summed E-state index contributed by atoms with van der Waals surface area (Å²) < 4.78 is 13.2. The molecule has 1 aromatic rings. The minimum atomic E-state index is -1.13. The first-order chi connectivity index (χ1) is 14.9. The zero-order valence-corrected chi connectivity index (χ0v) is 22.7. The lowest BCUT2D eigenvalue weighted by Crippen LogP contribution is -2.48. The highest BCUT2D eigenvalue weighted by molar-refractivity contribution is 8.03. The molecule has 10 heteroatoms. The van der Waals surface area contributed by atoms with Crippen molar-refractivity contribution < 1.29 is 19.1 Å². The molecule has 32 heavy (non-hydrogen) atoms. The van der Waals surface area contributed by atoms with E-state index in [0.717, 1.165) is 18.5 Å². The van der Waals surface area contributed by atoms with Crippen LogP contribution in [0.3, 0.4) is 0 Å². The minimum Gasteiger partial charge on any atom is -0.459 e. The van der Waals surface area contributed by atoms with Crippen LogP contribution in [0.1, 0.15) is 20.8 Å². The number of aromatic nitrogens is 2. The summed E-state index contributed by atoms with van der Waals surface area (Å²) in [7, 11) is -1.13. The number of carbonyl (C=O) groups excluding carboxylic acids is 2. The van der Waals surface area contributed by atoms with Gasteiger partial charge in [-0.15, -0.1) is 23.5 Å². The summed E-state index contributed by atoms with van der Waals surface area (Å²) in [5.41, 5.74) is -0.584. The van der Waals surface area contributed by atoms with Crippen LogP contribution in [0.15, 0.2) is 23.4 Å². The fourth-order valence-electron chi connectivity index (χ4n) is 3.69. The standard InChI is InChI=1S/C22H35N3O4S2Si/c1-22(2,3)29-21(27)20-18-15(13-31-20)25(12-16(30-4)19(18)26)17-8-9-24(23-17)14-28-10-11-32(5,6)7/h8-9,12,15,18,20H,10-11,13-14H2,1-7H3. The number of anilines is 1. The van der Waals surface area contributed by atoms with Crippen molar-refractivity contribution in [3.8, 4) is 0 Å². The zero-order valence-electron chi connectivity index (χ0n) is 20.1. The Balaban J connectivity index is 1.75. The normalized spacial score (nSPS) is 23.8. The molecule has 3 rings (SSSR count). The number of esters is 1. The second-order valence-electron chi connectivity index (χ2n) is 10.4. The van der Waals surface area contributed by atoms with E-state index in [2.05, 4.69) is 24.7 Å². The number of thioether (sulfide) groups is 2. The highest BCUT2D eigenvalue weighted by Gasteiger charge is 2.52. The second kappa shape index (κ2) is 9.95. The molecule has 3 atom stereocenters. The molecule has 7 nitrogen and oxygen atoms in total. The number of allylic oxidation sites excluding steroid dienone is 1. The van der Waals surface area contributed by atoms with E-state index < -0.39 is 24.8 Å². The third kappa shape index (κ3) is 6.21. The molecular formula is C22H35N3O4S2Si. The van der Waals surface area contributed by atoms with E-state index in [9.17, 15) is 9.59 Å². The third-order valence-electron chi connectivity index (χ3n) is 5.32. The van der Waals surface area contributed by atoms with E-state index in [4.69, 9.17) is 9.47 Å². The van der Waals surface area contributed by atoms with Crippen LogP contribution in [0, 0.1) is 5.92 Å². The Kier molecular flexibility index (Phi) is 7.89. The summed E-state index contributed by atoms with van der Waals surface area (Å²) in [6.45, 7) is 13.7. The van der Waals surface area contributed by atoms with Crippen molar-refractivity contribution in [2.24, 2.45) is 5.92 Å². The molecule has 2 aliphatic heterocycles. The molecule has 178 valence electrons. The van der Waals surface area contributed by atoms with Crippen molar-refractivity contribution in [2.45, 2.75) is 70.1 Å². The molecule has 1 saturated heterocycles. The predicted molar refractivity (Wildman–Crippen MR) is 135 cm³/mol.